The number of aliphatic hydroxyl groups is 4. The van der Waals surface area contributed by atoms with Crippen molar-refractivity contribution in [3.05, 3.63) is 23.3 Å². The highest BCUT2D eigenvalue weighted by Crippen LogP contribution is 2.75. The first kappa shape index (κ1) is 25.7. The second kappa shape index (κ2) is 7.33. The van der Waals surface area contributed by atoms with Gasteiger partial charge in [0.15, 0.2) is 5.78 Å². The molecule has 3 saturated carbocycles. The van der Waals surface area contributed by atoms with Gasteiger partial charge in [0.25, 0.3) is 0 Å². The minimum Gasteiger partial charge on any atom is -0.455 e. The number of esters is 1. The number of hydrogen-bond donors (Lipinski definition) is 4. The monoisotopic (exact) mass is 516 g/mol. The van der Waals surface area contributed by atoms with Gasteiger partial charge in [-0.1, -0.05) is 12.5 Å². The lowest BCUT2D eigenvalue weighted by molar-refractivity contribution is -0.289. The average Bonchev–Trinajstić information content (AvgIpc) is 3.54. The van der Waals surface area contributed by atoms with Crippen LogP contribution in [-0.2, 0) is 19.1 Å². The third kappa shape index (κ3) is 2.58. The number of hydrogen-bond acceptors (Lipinski definition) is 8. The molecule has 6 rings (SSSR count). The number of carbonyl (C=O) groups is 2. The number of rotatable bonds is 3. The molecule has 1 saturated heterocycles. The zero-order valence-corrected chi connectivity index (χ0v) is 22.4. The lowest BCUT2D eigenvalue weighted by atomic mass is 9.41. The highest BCUT2D eigenvalue weighted by Gasteiger charge is 2.84. The van der Waals surface area contributed by atoms with Gasteiger partial charge in [-0.05, 0) is 90.2 Å². The Morgan fingerprint density at radius 3 is 2.49 bits per heavy atom. The molecule has 37 heavy (non-hydrogen) atoms. The van der Waals surface area contributed by atoms with E-state index in [-0.39, 0.29) is 36.6 Å². The summed E-state index contributed by atoms with van der Waals surface area (Å²) in [6, 6.07) is 0. The number of ether oxygens (including phenoxy) is 2. The molecule has 11 atom stereocenters. The second-order valence-electron chi connectivity index (χ2n) is 13.1. The molecule has 0 bridgehead atoms. The highest BCUT2D eigenvalue weighted by molar-refractivity contribution is 5.98. The van der Waals surface area contributed by atoms with Crippen LogP contribution in [0.25, 0.3) is 0 Å². The van der Waals surface area contributed by atoms with Crippen molar-refractivity contribution in [3.63, 3.8) is 0 Å². The lowest BCUT2D eigenvalue weighted by Crippen LogP contribution is -2.74. The van der Waals surface area contributed by atoms with E-state index in [0.717, 1.165) is 5.57 Å². The van der Waals surface area contributed by atoms with Crippen molar-refractivity contribution < 1.29 is 39.5 Å². The van der Waals surface area contributed by atoms with Crippen LogP contribution in [0.15, 0.2) is 23.3 Å². The maximum absolute atomic E-state index is 13.4. The Hall–Kier alpha value is -1.58. The molecule has 0 radical (unpaired) electrons. The molecule has 6 aliphatic rings. The molecule has 4 fully saturated rings. The molecule has 0 aromatic rings. The molecular weight excluding hydrogens is 476 g/mol. The largest absolute Gasteiger partial charge is 0.455 e. The Balaban J connectivity index is 1.42. The molecule has 1 spiro atoms. The standard InChI is InChI=1S/C29H40O8/c1-6-26-10-9-17-18(14-22-29(37-22)20(31)8-7-19(30)24(17,29)4)27(26,34)11-12-28(26,35)25(5,33)21-13-15(2)16(3)23(32)36-21/h7-8,17-18,20-22,31,33-35H,6,9-14H2,1-5H3/t17-,18+,20-,21+,22+,24-,25-,26-,27+,28+,29+/m0/s1. The summed E-state index contributed by atoms with van der Waals surface area (Å²) in [6.07, 6.45) is 3.34. The van der Waals surface area contributed by atoms with Gasteiger partial charge >= 0.3 is 5.97 Å². The van der Waals surface area contributed by atoms with Gasteiger partial charge in [0, 0.05) is 17.4 Å². The van der Waals surface area contributed by atoms with Crippen LogP contribution in [0.5, 0.6) is 0 Å². The fourth-order valence-corrected chi connectivity index (χ4v) is 9.95. The summed E-state index contributed by atoms with van der Waals surface area (Å²) in [5.74, 6) is -1.17. The van der Waals surface area contributed by atoms with E-state index >= 15 is 0 Å². The summed E-state index contributed by atoms with van der Waals surface area (Å²) in [4.78, 5) is 25.9. The molecule has 2 aliphatic heterocycles. The molecule has 0 aromatic heterocycles. The van der Waals surface area contributed by atoms with Crippen molar-refractivity contribution in [2.75, 3.05) is 0 Å². The molecule has 2 heterocycles. The van der Waals surface area contributed by atoms with E-state index in [1.807, 2.05) is 20.8 Å². The number of epoxide rings is 1. The maximum atomic E-state index is 13.4. The van der Waals surface area contributed by atoms with Crippen LogP contribution < -0.4 is 0 Å². The highest BCUT2D eigenvalue weighted by atomic mass is 16.6. The predicted octanol–water partition coefficient (Wildman–Crippen LogP) is 2.12. The Labute approximate surface area is 217 Å². The van der Waals surface area contributed by atoms with Crippen LogP contribution in [-0.4, -0.2) is 72.9 Å². The summed E-state index contributed by atoms with van der Waals surface area (Å²) >= 11 is 0. The van der Waals surface area contributed by atoms with E-state index in [4.69, 9.17) is 9.47 Å². The van der Waals surface area contributed by atoms with E-state index in [0.29, 0.717) is 37.7 Å². The van der Waals surface area contributed by atoms with E-state index in [1.165, 1.54) is 19.1 Å². The first-order valence-corrected chi connectivity index (χ1v) is 13.8. The van der Waals surface area contributed by atoms with Crippen LogP contribution >= 0.6 is 0 Å². The number of carbonyl (C=O) groups excluding carboxylic acids is 2. The molecule has 4 aliphatic carbocycles. The van der Waals surface area contributed by atoms with Crippen LogP contribution in [0.3, 0.4) is 0 Å². The van der Waals surface area contributed by atoms with Crippen molar-refractivity contribution >= 4 is 11.8 Å². The van der Waals surface area contributed by atoms with Crippen molar-refractivity contribution in [3.8, 4) is 0 Å². The van der Waals surface area contributed by atoms with Crippen LogP contribution in [0.2, 0.25) is 0 Å². The average molecular weight is 517 g/mol. The summed E-state index contributed by atoms with van der Waals surface area (Å²) < 4.78 is 11.8. The van der Waals surface area contributed by atoms with E-state index in [2.05, 4.69) is 0 Å². The summed E-state index contributed by atoms with van der Waals surface area (Å²) in [6.45, 7) is 8.88. The van der Waals surface area contributed by atoms with Gasteiger partial charge in [-0.2, -0.15) is 0 Å². The van der Waals surface area contributed by atoms with Gasteiger partial charge < -0.3 is 29.9 Å². The van der Waals surface area contributed by atoms with Crippen LogP contribution in [0, 0.1) is 22.7 Å². The van der Waals surface area contributed by atoms with Crippen molar-refractivity contribution in [2.24, 2.45) is 22.7 Å². The Morgan fingerprint density at radius 1 is 1.14 bits per heavy atom. The Bertz CT molecular complexity index is 1140. The van der Waals surface area contributed by atoms with Gasteiger partial charge in [0.05, 0.1) is 17.1 Å². The fraction of sp³-hybridized carbons (Fsp3) is 0.793. The molecule has 0 unspecified atom stereocenters. The quantitative estimate of drug-likeness (QED) is 0.331. The summed E-state index contributed by atoms with van der Waals surface area (Å²) in [7, 11) is 0. The lowest BCUT2D eigenvalue weighted by Gasteiger charge is -2.64. The number of ketones is 1. The molecule has 8 heteroatoms. The third-order valence-corrected chi connectivity index (χ3v) is 12.4. The SMILES string of the molecule is CC[C@]12CC[C@H]3[C@@H](C[C@H]4O[C@]45[C@@H](O)C=CC(=O)[C@]35C)[C@]1(O)CC[C@@]2(O)[C@@](C)(O)[C@H]1CC(C)=C(C)C(=O)O1. The first-order valence-electron chi connectivity index (χ1n) is 13.8. The maximum Gasteiger partial charge on any atom is 0.334 e. The molecule has 204 valence electrons. The van der Waals surface area contributed by atoms with Crippen LogP contribution in [0.1, 0.15) is 79.6 Å². The molecule has 0 amide bonds. The number of fused-ring (bicyclic) bond motifs is 4. The summed E-state index contributed by atoms with van der Waals surface area (Å²) in [5, 5.41) is 48.1. The topological polar surface area (TPSA) is 137 Å². The summed E-state index contributed by atoms with van der Waals surface area (Å²) in [5.41, 5.74) is -6.57. The second-order valence-corrected chi connectivity index (χ2v) is 13.1. The number of allylic oxidation sites excluding steroid dienone is 1. The van der Waals surface area contributed by atoms with E-state index < -0.39 is 51.4 Å². The molecule has 0 aromatic carbocycles. The normalized spacial score (nSPS) is 54.0. The van der Waals surface area contributed by atoms with Gasteiger partial charge in [-0.15, -0.1) is 0 Å². The minimum absolute atomic E-state index is 0.0883. The number of cyclic esters (lactones) is 1. The predicted molar refractivity (Wildman–Crippen MR) is 132 cm³/mol. The Kier molecular flexibility index (Phi) is 5.09. The minimum atomic E-state index is -1.81. The van der Waals surface area contributed by atoms with E-state index in [9.17, 15) is 30.0 Å². The molecule has 4 N–H and O–H groups in total. The van der Waals surface area contributed by atoms with Gasteiger partial charge in [0.1, 0.15) is 29.0 Å². The zero-order valence-electron chi connectivity index (χ0n) is 22.4. The number of aliphatic hydroxyl groups excluding tert-OH is 1. The smallest absolute Gasteiger partial charge is 0.334 e. The van der Waals surface area contributed by atoms with Gasteiger partial charge in [-0.3, -0.25) is 4.79 Å². The van der Waals surface area contributed by atoms with Crippen LogP contribution in [0.4, 0.5) is 0 Å². The zero-order chi connectivity index (χ0) is 27.0. The van der Waals surface area contributed by atoms with E-state index in [1.54, 1.807) is 6.92 Å². The van der Waals surface area contributed by atoms with Crippen molar-refractivity contribution in [1.82, 2.24) is 0 Å². The van der Waals surface area contributed by atoms with Gasteiger partial charge in [-0.25, -0.2) is 4.79 Å². The van der Waals surface area contributed by atoms with Crippen molar-refractivity contribution in [2.45, 2.75) is 120 Å². The molecule has 8 nitrogen and oxygen atoms in total. The van der Waals surface area contributed by atoms with Crippen molar-refractivity contribution in [1.29, 1.82) is 0 Å². The molecular formula is C29H40O8. The first-order chi connectivity index (χ1) is 17.2. The Morgan fingerprint density at radius 2 is 1.84 bits per heavy atom. The third-order valence-electron chi connectivity index (χ3n) is 12.4. The fourth-order valence-electron chi connectivity index (χ4n) is 9.95. The van der Waals surface area contributed by atoms with Gasteiger partial charge in [0.2, 0.25) is 0 Å².